The minimum Gasteiger partial charge on any atom is -0.371 e. The van der Waals surface area contributed by atoms with Crippen molar-refractivity contribution in [2.75, 3.05) is 16.6 Å². The van der Waals surface area contributed by atoms with Crippen LogP contribution in [0.25, 0.3) is 0 Å². The van der Waals surface area contributed by atoms with Crippen LogP contribution in [0, 0.1) is 16.3 Å². The number of pyridine rings is 1. The second-order valence-electron chi connectivity index (χ2n) is 9.50. The topological polar surface area (TPSA) is 89.4 Å². The van der Waals surface area contributed by atoms with E-state index in [0.29, 0.717) is 3.57 Å². The highest BCUT2D eigenvalue weighted by Crippen LogP contribution is 2.51. The van der Waals surface area contributed by atoms with Crippen molar-refractivity contribution in [3.8, 4) is 0 Å². The molecule has 0 aliphatic heterocycles. The molecule has 1 saturated carbocycles. The number of hydrogen-bond donors (Lipinski definition) is 2. The molecule has 38 heavy (non-hydrogen) atoms. The number of alkyl halides is 2. The molecule has 1 fully saturated rings. The number of sulfonamides is 1. The zero-order valence-electron chi connectivity index (χ0n) is 20.7. The zero-order chi connectivity index (χ0) is 27.7. The van der Waals surface area contributed by atoms with Crippen LogP contribution in [-0.2, 0) is 28.4 Å². The molecule has 0 radical (unpaired) electrons. The highest BCUT2D eigenvalue weighted by Gasteiger charge is 2.59. The first-order valence-corrected chi connectivity index (χ1v) is 14.3. The minimum absolute atomic E-state index is 0.0157. The highest BCUT2D eigenvalue weighted by atomic mass is 127. The van der Waals surface area contributed by atoms with Crippen LogP contribution in [0.4, 0.5) is 30.4 Å². The Morgan fingerprint density at radius 2 is 1.79 bits per heavy atom. The van der Waals surface area contributed by atoms with E-state index in [4.69, 9.17) is 4.74 Å². The Balaban J connectivity index is 1.55. The number of halogens is 4. The molecule has 0 saturated heterocycles. The van der Waals surface area contributed by atoms with Crippen LogP contribution in [-0.4, -0.2) is 30.3 Å². The summed E-state index contributed by atoms with van der Waals surface area (Å²) in [5.74, 6) is -4.00. The number of ether oxygens (including phenoxy) is 1. The number of hydrogen-bond acceptors (Lipinski definition) is 5. The number of anilines is 3. The molecule has 0 unspecified atom stereocenters. The Bertz CT molecular complexity index is 1490. The molecule has 0 spiro atoms. The number of nitrogens with zero attached hydrogens (tertiary/aromatic N) is 1. The van der Waals surface area contributed by atoms with Crippen LogP contribution >= 0.6 is 22.6 Å². The fourth-order valence-electron chi connectivity index (χ4n) is 4.19. The first kappa shape index (κ1) is 28.4. The molecule has 0 amide bonds. The highest BCUT2D eigenvalue weighted by molar-refractivity contribution is 14.1. The summed E-state index contributed by atoms with van der Waals surface area (Å²) in [5.41, 5.74) is 0.506. The normalized spacial score (nSPS) is 14.8. The van der Waals surface area contributed by atoms with Crippen molar-refractivity contribution in [2.45, 2.75) is 43.5 Å². The molecule has 0 atom stereocenters. The monoisotopic (exact) mass is 661 g/mol. The van der Waals surface area contributed by atoms with E-state index in [9.17, 15) is 26.4 Å². The van der Waals surface area contributed by atoms with Gasteiger partial charge in [-0.3, -0.25) is 14.1 Å². The van der Waals surface area contributed by atoms with E-state index >= 15 is 0 Å². The van der Waals surface area contributed by atoms with Crippen LogP contribution in [0.15, 0.2) is 59.4 Å². The van der Waals surface area contributed by atoms with Crippen LogP contribution in [0.3, 0.4) is 0 Å². The van der Waals surface area contributed by atoms with Crippen molar-refractivity contribution in [1.29, 1.82) is 0 Å². The first-order chi connectivity index (χ1) is 17.8. The quantitative estimate of drug-likeness (QED) is 0.258. The van der Waals surface area contributed by atoms with E-state index in [1.807, 2.05) is 22.6 Å². The molecule has 4 rings (SSSR count). The van der Waals surface area contributed by atoms with Gasteiger partial charge in [0.05, 0.1) is 22.7 Å². The second-order valence-corrected chi connectivity index (χ2v) is 12.8. The number of benzene rings is 2. The van der Waals surface area contributed by atoms with Crippen molar-refractivity contribution < 1.29 is 26.3 Å². The van der Waals surface area contributed by atoms with E-state index in [0.717, 1.165) is 10.1 Å². The fourth-order valence-corrected chi connectivity index (χ4v) is 6.34. The second kappa shape index (κ2) is 10.9. The smallest absolute Gasteiger partial charge is 0.272 e. The summed E-state index contributed by atoms with van der Waals surface area (Å²) in [5, 5.41) is 2.78. The molecule has 1 heterocycles. The molecule has 1 aliphatic rings. The molecule has 3 aromatic rings. The molecular formula is C26H27F3IN3O4S. The van der Waals surface area contributed by atoms with E-state index < -0.39 is 45.1 Å². The lowest BCUT2D eigenvalue weighted by Gasteiger charge is -2.25. The van der Waals surface area contributed by atoms with Gasteiger partial charge in [0.25, 0.3) is 11.5 Å². The van der Waals surface area contributed by atoms with Crippen molar-refractivity contribution >= 4 is 49.8 Å². The largest absolute Gasteiger partial charge is 0.371 e. The molecular weight excluding hydrogens is 634 g/mol. The lowest BCUT2D eigenvalue weighted by Crippen LogP contribution is -2.38. The fraction of sp³-hybridized carbons (Fsp3) is 0.346. The molecule has 2 N–H and O–H groups in total. The van der Waals surface area contributed by atoms with Gasteiger partial charge >= 0.3 is 0 Å². The van der Waals surface area contributed by atoms with Gasteiger partial charge < -0.3 is 10.1 Å². The van der Waals surface area contributed by atoms with Crippen LogP contribution in [0.5, 0.6) is 0 Å². The third kappa shape index (κ3) is 6.34. The van der Waals surface area contributed by atoms with Gasteiger partial charge in [0, 0.05) is 22.6 Å². The van der Waals surface area contributed by atoms with E-state index in [-0.39, 0.29) is 42.2 Å². The summed E-state index contributed by atoms with van der Waals surface area (Å²) < 4.78 is 78.7. The average Bonchev–Trinajstić information content (AvgIpc) is 3.62. The SMILES string of the molecule is Cc1cc(NS(=O)(=O)C2(CC(F)(F)COCc3ccccc3)CC2)c(Nc2ccc(I)cc2F)n(C)c1=O. The van der Waals surface area contributed by atoms with Crippen molar-refractivity contribution in [1.82, 2.24) is 4.57 Å². The number of aromatic nitrogens is 1. The Hall–Kier alpha value is -2.58. The third-order valence-corrected chi connectivity index (χ3v) is 9.26. The lowest BCUT2D eigenvalue weighted by molar-refractivity contribution is -0.0881. The Kier molecular flexibility index (Phi) is 8.15. The summed E-state index contributed by atoms with van der Waals surface area (Å²) >= 11 is 1.95. The summed E-state index contributed by atoms with van der Waals surface area (Å²) in [6.07, 6.45) is -0.810. The van der Waals surface area contributed by atoms with Gasteiger partial charge in [-0.05, 0) is 72.2 Å². The van der Waals surface area contributed by atoms with E-state index in [1.54, 1.807) is 36.4 Å². The summed E-state index contributed by atoms with van der Waals surface area (Å²) in [7, 11) is -2.92. The molecule has 12 heteroatoms. The number of rotatable bonds is 11. The van der Waals surface area contributed by atoms with Gasteiger partial charge in [-0.25, -0.2) is 21.6 Å². The van der Waals surface area contributed by atoms with Gasteiger partial charge in [-0.2, -0.15) is 0 Å². The van der Waals surface area contributed by atoms with Crippen LogP contribution in [0.1, 0.15) is 30.4 Å². The maximum atomic E-state index is 14.8. The number of aryl methyl sites for hydroxylation is 1. The Morgan fingerprint density at radius 3 is 2.42 bits per heavy atom. The lowest BCUT2D eigenvalue weighted by atomic mass is 10.1. The average molecular weight is 661 g/mol. The minimum atomic E-state index is -4.33. The Morgan fingerprint density at radius 1 is 1.11 bits per heavy atom. The third-order valence-electron chi connectivity index (χ3n) is 6.41. The van der Waals surface area contributed by atoms with E-state index in [2.05, 4.69) is 10.0 Å². The standard InChI is InChI=1S/C26H27F3IN3O4S/c1-17-12-22(23(33(2)24(17)34)31-21-9-8-19(30)13-20(21)27)32-38(35,36)25(10-11-25)15-26(28,29)16-37-14-18-6-4-3-5-7-18/h3-9,12-13,31-32H,10-11,14-16H2,1-2H3. The van der Waals surface area contributed by atoms with Crippen LogP contribution < -0.4 is 15.6 Å². The van der Waals surface area contributed by atoms with Gasteiger partial charge in [-0.1, -0.05) is 30.3 Å². The van der Waals surface area contributed by atoms with Gasteiger partial charge in [0.1, 0.15) is 18.2 Å². The zero-order valence-corrected chi connectivity index (χ0v) is 23.7. The van der Waals surface area contributed by atoms with Crippen LogP contribution in [0.2, 0.25) is 0 Å². The summed E-state index contributed by atoms with van der Waals surface area (Å²) in [6.45, 7) is 0.563. The van der Waals surface area contributed by atoms with Crippen molar-refractivity contribution in [3.63, 3.8) is 0 Å². The molecule has 204 valence electrons. The maximum Gasteiger partial charge on any atom is 0.272 e. The number of nitrogens with one attached hydrogen (secondary N) is 2. The van der Waals surface area contributed by atoms with Gasteiger partial charge in [0.2, 0.25) is 10.0 Å². The predicted molar refractivity (Wildman–Crippen MR) is 149 cm³/mol. The molecule has 1 aromatic heterocycles. The first-order valence-electron chi connectivity index (χ1n) is 11.8. The Labute approximate surface area is 232 Å². The van der Waals surface area contributed by atoms with E-state index in [1.165, 1.54) is 32.2 Å². The van der Waals surface area contributed by atoms with Crippen molar-refractivity contribution in [3.05, 3.63) is 85.5 Å². The van der Waals surface area contributed by atoms with Gasteiger partial charge in [0.15, 0.2) is 0 Å². The maximum absolute atomic E-state index is 14.8. The summed E-state index contributed by atoms with van der Waals surface area (Å²) in [6, 6.07) is 14.5. The molecule has 0 bridgehead atoms. The summed E-state index contributed by atoms with van der Waals surface area (Å²) in [4.78, 5) is 12.6. The molecule has 2 aromatic carbocycles. The predicted octanol–water partition coefficient (Wildman–Crippen LogP) is 5.70. The van der Waals surface area contributed by atoms with Crippen molar-refractivity contribution in [2.24, 2.45) is 7.05 Å². The van der Waals surface area contributed by atoms with Gasteiger partial charge in [-0.15, -0.1) is 0 Å². The molecule has 7 nitrogen and oxygen atoms in total. The molecule has 1 aliphatic carbocycles.